The SMILES string of the molecule is CC(C)C(=O)Nc1ccc(C(=O)NC2CCCNC2)cc1.Cl. The highest BCUT2D eigenvalue weighted by molar-refractivity contribution is 5.96. The van der Waals surface area contributed by atoms with Crippen LogP contribution >= 0.6 is 12.4 Å². The van der Waals surface area contributed by atoms with Crippen LogP contribution in [0.2, 0.25) is 0 Å². The molecule has 5 nitrogen and oxygen atoms in total. The van der Waals surface area contributed by atoms with E-state index < -0.39 is 0 Å². The van der Waals surface area contributed by atoms with Crippen LogP contribution in [0, 0.1) is 5.92 Å². The van der Waals surface area contributed by atoms with Crippen molar-refractivity contribution < 1.29 is 9.59 Å². The van der Waals surface area contributed by atoms with Gasteiger partial charge in [0.25, 0.3) is 5.91 Å². The smallest absolute Gasteiger partial charge is 0.251 e. The Labute approximate surface area is 137 Å². The highest BCUT2D eigenvalue weighted by atomic mass is 35.5. The monoisotopic (exact) mass is 325 g/mol. The summed E-state index contributed by atoms with van der Waals surface area (Å²) in [5.41, 5.74) is 1.33. The molecule has 6 heteroatoms. The van der Waals surface area contributed by atoms with E-state index in [9.17, 15) is 9.59 Å². The molecule has 0 radical (unpaired) electrons. The Kier molecular flexibility index (Phi) is 7.35. The average molecular weight is 326 g/mol. The Morgan fingerprint density at radius 2 is 1.91 bits per heavy atom. The van der Waals surface area contributed by atoms with E-state index in [-0.39, 0.29) is 36.2 Å². The van der Waals surface area contributed by atoms with Gasteiger partial charge in [-0.3, -0.25) is 9.59 Å². The van der Waals surface area contributed by atoms with E-state index >= 15 is 0 Å². The Hall–Kier alpha value is -1.59. The van der Waals surface area contributed by atoms with Gasteiger partial charge in [0.2, 0.25) is 5.91 Å². The topological polar surface area (TPSA) is 70.2 Å². The Morgan fingerprint density at radius 3 is 2.45 bits per heavy atom. The molecular formula is C16H24ClN3O2. The molecule has 122 valence electrons. The van der Waals surface area contributed by atoms with Crippen molar-refractivity contribution in [1.82, 2.24) is 10.6 Å². The summed E-state index contributed by atoms with van der Waals surface area (Å²) in [6.45, 7) is 5.54. The minimum absolute atomic E-state index is 0. The molecule has 1 aromatic carbocycles. The fraction of sp³-hybridized carbons (Fsp3) is 0.500. The highest BCUT2D eigenvalue weighted by Crippen LogP contribution is 2.12. The largest absolute Gasteiger partial charge is 0.348 e. The molecule has 3 N–H and O–H groups in total. The number of hydrogen-bond acceptors (Lipinski definition) is 3. The first kappa shape index (κ1) is 18.5. The van der Waals surface area contributed by atoms with Crippen molar-refractivity contribution in [3.63, 3.8) is 0 Å². The summed E-state index contributed by atoms with van der Waals surface area (Å²) in [6, 6.07) is 7.19. The Balaban J connectivity index is 0.00000242. The summed E-state index contributed by atoms with van der Waals surface area (Å²) >= 11 is 0. The van der Waals surface area contributed by atoms with Gasteiger partial charge in [-0.25, -0.2) is 0 Å². The van der Waals surface area contributed by atoms with Crippen molar-refractivity contribution in [2.75, 3.05) is 18.4 Å². The Bertz CT molecular complexity index is 497. The second kappa shape index (κ2) is 8.76. The molecule has 1 heterocycles. The van der Waals surface area contributed by atoms with E-state index in [0.29, 0.717) is 11.3 Å². The van der Waals surface area contributed by atoms with Crippen LogP contribution in [0.25, 0.3) is 0 Å². The number of nitrogens with one attached hydrogen (secondary N) is 3. The maximum atomic E-state index is 12.1. The van der Waals surface area contributed by atoms with Crippen molar-refractivity contribution in [2.24, 2.45) is 5.92 Å². The summed E-state index contributed by atoms with van der Waals surface area (Å²) in [7, 11) is 0. The molecule has 2 rings (SSSR count). The molecule has 0 saturated carbocycles. The second-order valence-corrected chi connectivity index (χ2v) is 5.74. The number of carbonyl (C=O) groups excluding carboxylic acids is 2. The number of benzene rings is 1. The van der Waals surface area contributed by atoms with Crippen LogP contribution in [-0.4, -0.2) is 30.9 Å². The van der Waals surface area contributed by atoms with Gasteiger partial charge in [0.1, 0.15) is 0 Å². The summed E-state index contributed by atoms with van der Waals surface area (Å²) in [6.07, 6.45) is 2.10. The molecule has 0 bridgehead atoms. The van der Waals surface area contributed by atoms with Crippen molar-refractivity contribution >= 4 is 29.9 Å². The maximum absolute atomic E-state index is 12.1. The van der Waals surface area contributed by atoms with Crippen molar-refractivity contribution in [3.8, 4) is 0 Å². The van der Waals surface area contributed by atoms with E-state index in [4.69, 9.17) is 0 Å². The van der Waals surface area contributed by atoms with Gasteiger partial charge in [0.15, 0.2) is 0 Å². The molecule has 0 spiro atoms. The van der Waals surface area contributed by atoms with Crippen LogP contribution in [0.3, 0.4) is 0 Å². The van der Waals surface area contributed by atoms with Crippen molar-refractivity contribution in [1.29, 1.82) is 0 Å². The first-order valence-corrected chi connectivity index (χ1v) is 7.49. The molecule has 1 aliphatic heterocycles. The lowest BCUT2D eigenvalue weighted by Gasteiger charge is -2.23. The predicted octanol–water partition coefficient (Wildman–Crippen LogP) is 2.18. The fourth-order valence-corrected chi connectivity index (χ4v) is 2.24. The second-order valence-electron chi connectivity index (χ2n) is 5.74. The van der Waals surface area contributed by atoms with Crippen molar-refractivity contribution in [3.05, 3.63) is 29.8 Å². The molecule has 0 aromatic heterocycles. The van der Waals surface area contributed by atoms with E-state index in [0.717, 1.165) is 25.9 Å². The van der Waals surface area contributed by atoms with E-state index in [2.05, 4.69) is 16.0 Å². The first-order valence-electron chi connectivity index (χ1n) is 7.49. The third-order valence-electron chi connectivity index (χ3n) is 3.57. The molecular weight excluding hydrogens is 302 g/mol. The Morgan fingerprint density at radius 1 is 1.23 bits per heavy atom. The molecule has 1 atom stereocenters. The zero-order valence-corrected chi connectivity index (χ0v) is 13.8. The molecule has 0 aliphatic carbocycles. The number of carbonyl (C=O) groups is 2. The standard InChI is InChI=1S/C16H23N3O2.ClH/c1-11(2)15(20)18-13-7-5-12(6-8-13)16(21)19-14-4-3-9-17-10-14;/h5-8,11,14,17H,3-4,9-10H2,1-2H3,(H,18,20)(H,19,21);1H. The number of amides is 2. The van der Waals surface area contributed by atoms with Crippen molar-refractivity contribution in [2.45, 2.75) is 32.7 Å². The van der Waals surface area contributed by atoms with Crippen LogP contribution in [0.4, 0.5) is 5.69 Å². The van der Waals surface area contributed by atoms with Crippen LogP contribution in [0.5, 0.6) is 0 Å². The normalized spacial score (nSPS) is 17.5. The molecule has 1 unspecified atom stereocenters. The van der Waals surface area contributed by atoms with Gasteiger partial charge in [-0.05, 0) is 43.7 Å². The number of halogens is 1. The minimum atomic E-state index is -0.0644. The summed E-state index contributed by atoms with van der Waals surface area (Å²) in [4.78, 5) is 23.7. The van der Waals surface area contributed by atoms with Gasteiger partial charge in [-0.15, -0.1) is 12.4 Å². The number of anilines is 1. The number of hydrogen-bond donors (Lipinski definition) is 3. The minimum Gasteiger partial charge on any atom is -0.348 e. The van der Waals surface area contributed by atoms with Crippen LogP contribution in [-0.2, 0) is 4.79 Å². The van der Waals surface area contributed by atoms with Gasteiger partial charge in [-0.1, -0.05) is 13.8 Å². The molecule has 1 aliphatic rings. The van der Waals surface area contributed by atoms with Crippen LogP contribution in [0.1, 0.15) is 37.0 Å². The third kappa shape index (κ3) is 5.31. The lowest BCUT2D eigenvalue weighted by Crippen LogP contribution is -2.45. The first-order chi connectivity index (χ1) is 10.1. The molecule has 1 fully saturated rings. The molecule has 1 aromatic rings. The van der Waals surface area contributed by atoms with E-state index in [1.165, 1.54) is 0 Å². The van der Waals surface area contributed by atoms with Gasteiger partial charge in [0, 0.05) is 29.8 Å². The number of piperidine rings is 1. The zero-order chi connectivity index (χ0) is 15.2. The van der Waals surface area contributed by atoms with E-state index in [1.54, 1.807) is 24.3 Å². The fourth-order valence-electron chi connectivity index (χ4n) is 2.24. The molecule has 22 heavy (non-hydrogen) atoms. The lowest BCUT2D eigenvalue weighted by molar-refractivity contribution is -0.118. The quantitative estimate of drug-likeness (QED) is 0.794. The summed E-state index contributed by atoms with van der Waals surface area (Å²) in [5.74, 6) is -0.155. The number of rotatable bonds is 4. The summed E-state index contributed by atoms with van der Waals surface area (Å²) in [5, 5.41) is 9.10. The van der Waals surface area contributed by atoms with Crippen LogP contribution < -0.4 is 16.0 Å². The van der Waals surface area contributed by atoms with Gasteiger partial charge in [-0.2, -0.15) is 0 Å². The third-order valence-corrected chi connectivity index (χ3v) is 3.57. The predicted molar refractivity (Wildman–Crippen MR) is 90.5 cm³/mol. The molecule has 1 saturated heterocycles. The van der Waals surface area contributed by atoms with E-state index in [1.807, 2.05) is 13.8 Å². The average Bonchev–Trinajstić information content (AvgIpc) is 2.48. The summed E-state index contributed by atoms with van der Waals surface area (Å²) < 4.78 is 0. The van der Waals surface area contributed by atoms with Crippen LogP contribution in [0.15, 0.2) is 24.3 Å². The molecule has 2 amide bonds. The van der Waals surface area contributed by atoms with Gasteiger partial charge in [0.05, 0.1) is 0 Å². The van der Waals surface area contributed by atoms with Gasteiger partial charge >= 0.3 is 0 Å². The lowest BCUT2D eigenvalue weighted by atomic mass is 10.1. The maximum Gasteiger partial charge on any atom is 0.251 e. The zero-order valence-electron chi connectivity index (χ0n) is 13.0. The highest BCUT2D eigenvalue weighted by Gasteiger charge is 2.16. The van der Waals surface area contributed by atoms with Gasteiger partial charge < -0.3 is 16.0 Å².